The third-order valence-electron chi connectivity index (χ3n) is 4.02. The van der Waals surface area contributed by atoms with Crippen LogP contribution in [0.3, 0.4) is 0 Å². The number of hydrogen-bond donors (Lipinski definition) is 0. The normalized spacial score (nSPS) is 11.3. The van der Waals surface area contributed by atoms with Crippen molar-refractivity contribution in [2.75, 3.05) is 11.4 Å². The Balaban J connectivity index is 2.15. The minimum atomic E-state index is -4.38. The van der Waals surface area contributed by atoms with Crippen molar-refractivity contribution in [2.45, 2.75) is 18.4 Å². The number of methoxy groups -OCH3 is 1. The van der Waals surface area contributed by atoms with Gasteiger partial charge in [0.05, 0.1) is 41.0 Å². The van der Waals surface area contributed by atoms with Crippen LogP contribution in [0.25, 0.3) is 0 Å². The molecule has 0 spiro atoms. The molecule has 0 bridgehead atoms. The van der Waals surface area contributed by atoms with Crippen LogP contribution < -0.4 is 9.04 Å². The van der Waals surface area contributed by atoms with Crippen LogP contribution in [0.15, 0.2) is 52.7 Å². The Labute approximate surface area is 170 Å². The van der Waals surface area contributed by atoms with Gasteiger partial charge in [-0.05, 0) is 43.3 Å². The summed E-state index contributed by atoms with van der Waals surface area (Å²) in [5, 5.41) is 13.9. The van der Waals surface area contributed by atoms with E-state index in [1.807, 2.05) is 0 Å². The van der Waals surface area contributed by atoms with Gasteiger partial charge in [-0.2, -0.15) is 0 Å². The summed E-state index contributed by atoms with van der Waals surface area (Å²) in [6.07, 6.45) is 0. The van der Waals surface area contributed by atoms with E-state index in [0.717, 1.165) is 33.6 Å². The lowest BCUT2D eigenvalue weighted by molar-refractivity contribution is -0.387. The number of hydrogen-bond acceptors (Lipinski definition) is 7. The van der Waals surface area contributed by atoms with E-state index in [9.17, 15) is 22.9 Å². The molecular weight excluding hydrogens is 421 g/mol. The quantitative estimate of drug-likeness (QED) is 0.410. The fourth-order valence-electron chi connectivity index (χ4n) is 2.65. The molecule has 0 aliphatic heterocycles. The van der Waals surface area contributed by atoms with Crippen LogP contribution in [-0.4, -0.2) is 25.4 Å². The van der Waals surface area contributed by atoms with E-state index in [2.05, 4.69) is 4.98 Å². The first-order valence-electron chi connectivity index (χ1n) is 8.24. The maximum atomic E-state index is 13.4. The molecule has 0 saturated carbocycles. The second-order valence-corrected chi connectivity index (χ2v) is 8.83. The van der Waals surface area contributed by atoms with Gasteiger partial charge in [0.1, 0.15) is 11.6 Å². The predicted molar refractivity (Wildman–Crippen MR) is 106 cm³/mol. The maximum absolute atomic E-state index is 13.4. The molecule has 0 fully saturated rings. The molecule has 0 aliphatic carbocycles. The van der Waals surface area contributed by atoms with Gasteiger partial charge in [0.2, 0.25) is 0 Å². The van der Waals surface area contributed by atoms with Crippen LogP contribution >= 0.6 is 11.3 Å². The van der Waals surface area contributed by atoms with E-state index in [1.165, 1.54) is 36.6 Å². The van der Waals surface area contributed by atoms with Crippen LogP contribution in [0, 0.1) is 22.9 Å². The predicted octanol–water partition coefficient (Wildman–Crippen LogP) is 3.90. The lowest BCUT2D eigenvalue weighted by atomic mass is 10.3. The van der Waals surface area contributed by atoms with Crippen molar-refractivity contribution in [3.05, 3.63) is 74.5 Å². The average molecular weight is 437 g/mol. The number of nitro groups is 1. The van der Waals surface area contributed by atoms with Crippen LogP contribution in [0.4, 0.5) is 15.8 Å². The van der Waals surface area contributed by atoms with Crippen LogP contribution in [0.5, 0.6) is 5.75 Å². The van der Waals surface area contributed by atoms with Crippen LogP contribution in [0.1, 0.15) is 10.7 Å². The Morgan fingerprint density at radius 1 is 1.24 bits per heavy atom. The number of aryl methyl sites for hydroxylation is 1. The number of benzene rings is 2. The lowest BCUT2D eigenvalue weighted by Crippen LogP contribution is -2.31. The van der Waals surface area contributed by atoms with E-state index < -0.39 is 31.3 Å². The van der Waals surface area contributed by atoms with Crippen molar-refractivity contribution >= 4 is 32.7 Å². The molecule has 0 atom stereocenters. The number of anilines is 1. The molecule has 0 saturated heterocycles. The number of sulfonamides is 1. The number of thiazole rings is 1. The molecule has 1 heterocycles. The van der Waals surface area contributed by atoms with Gasteiger partial charge in [-0.25, -0.2) is 17.8 Å². The van der Waals surface area contributed by atoms with Gasteiger partial charge in [0.25, 0.3) is 15.7 Å². The van der Waals surface area contributed by atoms with Gasteiger partial charge < -0.3 is 4.74 Å². The van der Waals surface area contributed by atoms with E-state index >= 15 is 0 Å². The molecule has 0 unspecified atom stereocenters. The summed E-state index contributed by atoms with van der Waals surface area (Å²) >= 11 is 1.35. The SMILES string of the molecule is COc1ccc(S(=O)(=O)N(Cc2csc(C)n2)c2ccc(F)cc2)c([N+](=O)[O-])c1. The third-order valence-corrected chi connectivity index (χ3v) is 6.66. The Hall–Kier alpha value is -3.05. The van der Waals surface area contributed by atoms with Gasteiger partial charge in [-0.3, -0.25) is 14.4 Å². The summed E-state index contributed by atoms with van der Waals surface area (Å²) in [6.45, 7) is 1.61. The summed E-state index contributed by atoms with van der Waals surface area (Å²) in [5.41, 5.74) is 0.00431. The van der Waals surface area contributed by atoms with E-state index in [0.29, 0.717) is 5.69 Å². The summed E-state index contributed by atoms with van der Waals surface area (Å²) in [7, 11) is -3.06. The highest BCUT2D eigenvalue weighted by Gasteiger charge is 2.33. The van der Waals surface area contributed by atoms with Crippen LogP contribution in [0.2, 0.25) is 0 Å². The zero-order chi connectivity index (χ0) is 21.2. The van der Waals surface area contributed by atoms with Crippen molar-refractivity contribution in [1.29, 1.82) is 0 Å². The molecule has 152 valence electrons. The molecule has 8 nitrogen and oxygen atoms in total. The second-order valence-electron chi connectivity index (χ2n) is 5.94. The highest BCUT2D eigenvalue weighted by Crippen LogP contribution is 2.33. The van der Waals surface area contributed by atoms with E-state index in [-0.39, 0.29) is 18.0 Å². The molecule has 11 heteroatoms. The number of ether oxygens (including phenoxy) is 1. The Kier molecular flexibility index (Phi) is 5.80. The van der Waals surface area contributed by atoms with Gasteiger partial charge in [0.15, 0.2) is 4.90 Å². The standard InChI is InChI=1S/C18H16FN3O5S2/c1-12-20-14(11-28-12)10-21(15-5-3-13(19)4-6-15)29(25,26)18-8-7-16(27-2)9-17(18)22(23)24/h3-9,11H,10H2,1-2H3. The summed E-state index contributed by atoms with van der Waals surface area (Å²) in [4.78, 5) is 14.5. The summed E-state index contributed by atoms with van der Waals surface area (Å²) < 4.78 is 46.1. The van der Waals surface area contributed by atoms with Gasteiger partial charge in [0, 0.05) is 5.38 Å². The van der Waals surface area contributed by atoms with Crippen LogP contribution in [-0.2, 0) is 16.6 Å². The molecular formula is C18H16FN3O5S2. The Morgan fingerprint density at radius 2 is 1.93 bits per heavy atom. The highest BCUT2D eigenvalue weighted by molar-refractivity contribution is 7.93. The van der Waals surface area contributed by atoms with Crippen molar-refractivity contribution in [3.8, 4) is 5.75 Å². The minimum absolute atomic E-state index is 0.152. The van der Waals surface area contributed by atoms with Crippen molar-refractivity contribution in [2.24, 2.45) is 0 Å². The molecule has 0 amide bonds. The maximum Gasteiger partial charge on any atom is 0.293 e. The van der Waals surface area contributed by atoms with Crippen molar-refractivity contribution in [3.63, 3.8) is 0 Å². The molecule has 29 heavy (non-hydrogen) atoms. The fraction of sp³-hybridized carbons (Fsp3) is 0.167. The number of rotatable bonds is 7. The monoisotopic (exact) mass is 437 g/mol. The molecule has 0 radical (unpaired) electrons. The highest BCUT2D eigenvalue weighted by atomic mass is 32.2. The fourth-order valence-corrected chi connectivity index (χ4v) is 4.83. The Bertz CT molecular complexity index is 1150. The second kappa shape index (κ2) is 8.13. The number of nitrogens with zero attached hydrogens (tertiary/aromatic N) is 3. The third kappa shape index (κ3) is 4.35. The molecule has 0 N–H and O–H groups in total. The van der Waals surface area contributed by atoms with E-state index in [1.54, 1.807) is 12.3 Å². The van der Waals surface area contributed by atoms with Gasteiger partial charge in [-0.1, -0.05) is 0 Å². The summed E-state index contributed by atoms with van der Waals surface area (Å²) in [5.74, 6) is -0.384. The van der Waals surface area contributed by atoms with Crippen molar-refractivity contribution < 1.29 is 22.5 Å². The average Bonchev–Trinajstić information content (AvgIpc) is 3.11. The zero-order valence-corrected chi connectivity index (χ0v) is 17.0. The molecule has 0 aliphatic rings. The molecule has 1 aromatic heterocycles. The zero-order valence-electron chi connectivity index (χ0n) is 15.4. The summed E-state index contributed by atoms with van der Waals surface area (Å²) in [6, 6.07) is 8.32. The lowest BCUT2D eigenvalue weighted by Gasteiger charge is -2.24. The topological polar surface area (TPSA) is 103 Å². The Morgan fingerprint density at radius 3 is 2.48 bits per heavy atom. The largest absolute Gasteiger partial charge is 0.497 e. The molecule has 3 rings (SSSR count). The smallest absolute Gasteiger partial charge is 0.293 e. The molecule has 3 aromatic rings. The van der Waals surface area contributed by atoms with Gasteiger partial charge in [-0.15, -0.1) is 11.3 Å². The van der Waals surface area contributed by atoms with Crippen molar-refractivity contribution in [1.82, 2.24) is 4.98 Å². The number of aromatic nitrogens is 1. The number of halogens is 1. The minimum Gasteiger partial charge on any atom is -0.497 e. The molecule has 2 aromatic carbocycles. The number of nitro benzene ring substituents is 1. The van der Waals surface area contributed by atoms with E-state index in [4.69, 9.17) is 4.74 Å². The van der Waals surface area contributed by atoms with Gasteiger partial charge >= 0.3 is 0 Å². The first-order valence-corrected chi connectivity index (χ1v) is 10.6. The first-order chi connectivity index (χ1) is 13.7. The first kappa shape index (κ1) is 20.7.